The minimum absolute atomic E-state index is 0.459. The molecule has 2 rings (SSSR count). The van der Waals surface area contributed by atoms with Crippen molar-refractivity contribution in [2.75, 3.05) is 0 Å². The molecule has 0 aliphatic heterocycles. The lowest BCUT2D eigenvalue weighted by molar-refractivity contribution is 0.182. The van der Waals surface area contributed by atoms with Crippen LogP contribution in [0.4, 0.5) is 0 Å². The monoisotopic (exact) mass is 251 g/mol. The zero-order valence-corrected chi connectivity index (χ0v) is 12.0. The van der Waals surface area contributed by atoms with Gasteiger partial charge in [0.25, 0.3) is 0 Å². The quantitative estimate of drug-likeness (QED) is 0.892. The molecule has 0 radical (unpaired) electrons. The number of aromatic nitrogens is 4. The Kier molecular flexibility index (Phi) is 4.00. The topological polar surface area (TPSA) is 55.6 Å². The summed E-state index contributed by atoms with van der Waals surface area (Å²) < 4.78 is 2.03. The fraction of sp³-hybridized carbons (Fsp3) is 0.923. The molecule has 102 valence electrons. The molecule has 0 amide bonds. The molecule has 1 aromatic heterocycles. The summed E-state index contributed by atoms with van der Waals surface area (Å²) in [5.41, 5.74) is 0.487. The van der Waals surface area contributed by atoms with Gasteiger partial charge in [-0.15, -0.1) is 5.10 Å². The van der Waals surface area contributed by atoms with Gasteiger partial charge in [0.2, 0.25) is 0 Å². The minimum Gasteiger partial charge on any atom is -0.308 e. The van der Waals surface area contributed by atoms with Gasteiger partial charge in [0.05, 0.1) is 12.6 Å². The van der Waals surface area contributed by atoms with E-state index in [-0.39, 0.29) is 0 Å². The normalized spacial score (nSPS) is 20.5. The largest absolute Gasteiger partial charge is 0.308 e. The fourth-order valence-corrected chi connectivity index (χ4v) is 2.54. The average molecular weight is 251 g/mol. The molecule has 18 heavy (non-hydrogen) atoms. The van der Waals surface area contributed by atoms with Crippen molar-refractivity contribution >= 4 is 0 Å². The third kappa shape index (κ3) is 3.28. The molecule has 1 aromatic rings. The van der Waals surface area contributed by atoms with Crippen LogP contribution in [-0.2, 0) is 6.54 Å². The van der Waals surface area contributed by atoms with Crippen molar-refractivity contribution in [3.8, 4) is 0 Å². The van der Waals surface area contributed by atoms with Gasteiger partial charge in [-0.3, -0.25) is 0 Å². The van der Waals surface area contributed by atoms with Crippen molar-refractivity contribution in [3.63, 3.8) is 0 Å². The first-order valence-electron chi connectivity index (χ1n) is 6.98. The summed E-state index contributed by atoms with van der Waals surface area (Å²) in [5, 5.41) is 15.5. The average Bonchev–Trinajstić information content (AvgIpc) is 2.74. The standard InChI is InChI=1S/C13H25N5/c1-10(2)14-9-12-15-16-17-18(12)11-5-7-13(3,4)8-6-11/h10-11,14H,5-9H2,1-4H3. The minimum atomic E-state index is 0.459. The van der Waals surface area contributed by atoms with E-state index < -0.39 is 0 Å². The van der Waals surface area contributed by atoms with E-state index in [1.54, 1.807) is 0 Å². The van der Waals surface area contributed by atoms with Crippen molar-refractivity contribution in [2.45, 2.75) is 72.0 Å². The number of nitrogens with one attached hydrogen (secondary N) is 1. The lowest BCUT2D eigenvalue weighted by Crippen LogP contribution is -2.28. The van der Waals surface area contributed by atoms with Crippen LogP contribution in [0.15, 0.2) is 0 Å². The van der Waals surface area contributed by atoms with Gasteiger partial charge >= 0.3 is 0 Å². The van der Waals surface area contributed by atoms with Gasteiger partial charge in [-0.1, -0.05) is 27.7 Å². The summed E-state index contributed by atoms with van der Waals surface area (Å²) >= 11 is 0. The van der Waals surface area contributed by atoms with Crippen LogP contribution in [0, 0.1) is 5.41 Å². The molecule has 5 heteroatoms. The predicted molar refractivity (Wildman–Crippen MR) is 71.1 cm³/mol. The second kappa shape index (κ2) is 5.34. The van der Waals surface area contributed by atoms with Gasteiger partial charge in [0.15, 0.2) is 5.82 Å². The van der Waals surface area contributed by atoms with Gasteiger partial charge in [-0.25, -0.2) is 4.68 Å². The highest BCUT2D eigenvalue weighted by molar-refractivity contribution is 4.88. The van der Waals surface area contributed by atoms with Crippen LogP contribution >= 0.6 is 0 Å². The van der Waals surface area contributed by atoms with E-state index in [4.69, 9.17) is 0 Å². The highest BCUT2D eigenvalue weighted by Gasteiger charge is 2.29. The summed E-state index contributed by atoms with van der Waals surface area (Å²) in [4.78, 5) is 0. The van der Waals surface area contributed by atoms with Gasteiger partial charge in [0, 0.05) is 6.04 Å². The van der Waals surface area contributed by atoms with Crippen LogP contribution < -0.4 is 5.32 Å². The maximum Gasteiger partial charge on any atom is 0.165 e. The van der Waals surface area contributed by atoms with E-state index in [1.165, 1.54) is 25.7 Å². The third-order valence-electron chi connectivity index (χ3n) is 3.88. The number of nitrogens with zero attached hydrogens (tertiary/aromatic N) is 4. The van der Waals surface area contributed by atoms with Crippen LogP contribution in [0.25, 0.3) is 0 Å². The van der Waals surface area contributed by atoms with E-state index in [9.17, 15) is 0 Å². The first-order valence-corrected chi connectivity index (χ1v) is 6.98. The second-order valence-corrected chi connectivity index (χ2v) is 6.47. The highest BCUT2D eigenvalue weighted by atomic mass is 15.6. The Labute approximate surface area is 109 Å². The number of hydrogen-bond acceptors (Lipinski definition) is 4. The van der Waals surface area contributed by atoms with E-state index >= 15 is 0 Å². The summed E-state index contributed by atoms with van der Waals surface area (Å²) in [6.45, 7) is 9.73. The molecule has 1 fully saturated rings. The molecule has 0 atom stereocenters. The molecule has 1 aliphatic carbocycles. The predicted octanol–water partition coefficient (Wildman–Crippen LogP) is 2.31. The summed E-state index contributed by atoms with van der Waals surface area (Å²) in [5.74, 6) is 0.966. The molecular formula is C13H25N5. The molecule has 5 nitrogen and oxygen atoms in total. The molecule has 0 bridgehead atoms. The molecule has 1 N–H and O–H groups in total. The van der Waals surface area contributed by atoms with E-state index in [2.05, 4.69) is 48.5 Å². The van der Waals surface area contributed by atoms with Crippen molar-refractivity contribution in [1.82, 2.24) is 25.5 Å². The molecule has 0 unspecified atom stereocenters. The van der Waals surface area contributed by atoms with Crippen molar-refractivity contribution in [2.24, 2.45) is 5.41 Å². The smallest absolute Gasteiger partial charge is 0.165 e. The van der Waals surface area contributed by atoms with Crippen LogP contribution in [0.2, 0.25) is 0 Å². The van der Waals surface area contributed by atoms with Crippen LogP contribution in [0.1, 0.15) is 65.2 Å². The van der Waals surface area contributed by atoms with Gasteiger partial charge in [-0.2, -0.15) is 0 Å². The zero-order valence-electron chi connectivity index (χ0n) is 12.0. The van der Waals surface area contributed by atoms with Crippen molar-refractivity contribution in [3.05, 3.63) is 5.82 Å². The summed E-state index contributed by atoms with van der Waals surface area (Å²) in [6, 6.07) is 0.942. The Morgan fingerprint density at radius 2 is 2.00 bits per heavy atom. The second-order valence-electron chi connectivity index (χ2n) is 6.47. The van der Waals surface area contributed by atoms with E-state index in [0.29, 0.717) is 17.5 Å². The molecular weight excluding hydrogens is 226 g/mol. The third-order valence-corrected chi connectivity index (χ3v) is 3.88. The molecule has 1 heterocycles. The van der Waals surface area contributed by atoms with E-state index in [1.807, 2.05) is 4.68 Å². The van der Waals surface area contributed by atoms with Crippen molar-refractivity contribution < 1.29 is 0 Å². The Bertz CT molecular complexity index is 372. The maximum absolute atomic E-state index is 4.18. The number of hydrogen-bond donors (Lipinski definition) is 1. The highest BCUT2D eigenvalue weighted by Crippen LogP contribution is 2.39. The van der Waals surface area contributed by atoms with Gasteiger partial charge in [-0.05, 0) is 41.5 Å². The first-order chi connectivity index (χ1) is 8.48. The molecule has 1 saturated carbocycles. The van der Waals surface area contributed by atoms with Crippen LogP contribution in [-0.4, -0.2) is 26.2 Å². The Morgan fingerprint density at radius 1 is 1.33 bits per heavy atom. The Morgan fingerprint density at radius 3 is 2.61 bits per heavy atom. The maximum atomic E-state index is 4.18. The molecule has 0 saturated heterocycles. The number of tetrazole rings is 1. The lowest BCUT2D eigenvalue weighted by atomic mass is 9.75. The summed E-state index contributed by atoms with van der Waals surface area (Å²) in [7, 11) is 0. The zero-order chi connectivity index (χ0) is 13.2. The Hall–Kier alpha value is -0.970. The van der Waals surface area contributed by atoms with Gasteiger partial charge < -0.3 is 5.32 Å². The number of rotatable bonds is 4. The van der Waals surface area contributed by atoms with Crippen LogP contribution in [0.5, 0.6) is 0 Å². The van der Waals surface area contributed by atoms with Gasteiger partial charge in [0.1, 0.15) is 0 Å². The van der Waals surface area contributed by atoms with Crippen LogP contribution in [0.3, 0.4) is 0 Å². The fourth-order valence-electron chi connectivity index (χ4n) is 2.54. The SMILES string of the molecule is CC(C)NCc1nnnn1C1CCC(C)(C)CC1. The first kappa shape index (κ1) is 13.5. The molecule has 0 spiro atoms. The lowest BCUT2D eigenvalue weighted by Gasteiger charge is -2.34. The molecule has 0 aromatic carbocycles. The van der Waals surface area contributed by atoms with E-state index in [0.717, 1.165) is 12.4 Å². The van der Waals surface area contributed by atoms with Crippen molar-refractivity contribution in [1.29, 1.82) is 0 Å². The Balaban J connectivity index is 1.99. The molecule has 1 aliphatic rings. The summed E-state index contributed by atoms with van der Waals surface area (Å²) in [6.07, 6.45) is 4.89.